The van der Waals surface area contributed by atoms with Gasteiger partial charge >= 0.3 is 6.18 Å². The summed E-state index contributed by atoms with van der Waals surface area (Å²) in [5, 5.41) is 4.38. The summed E-state index contributed by atoms with van der Waals surface area (Å²) in [4.78, 5) is 23.3. The van der Waals surface area contributed by atoms with Crippen molar-refractivity contribution >= 4 is 29.9 Å². The molecule has 0 bridgehead atoms. The number of nitrogens with two attached hydrogens (primary N) is 1. The monoisotopic (exact) mass is 353 g/mol. The SMILES string of the molecule is CC(N)C(C)C(=O)Nc1ccc(C(=O)NCC(F)(F)F)cc1.Cl. The molecule has 130 valence electrons. The predicted octanol–water partition coefficient (Wildman–Crippen LogP) is 2.32. The summed E-state index contributed by atoms with van der Waals surface area (Å²) < 4.78 is 36.0. The summed E-state index contributed by atoms with van der Waals surface area (Å²) in [6, 6.07) is 5.23. The van der Waals surface area contributed by atoms with E-state index in [2.05, 4.69) is 5.32 Å². The highest BCUT2D eigenvalue weighted by molar-refractivity contribution is 5.96. The van der Waals surface area contributed by atoms with Gasteiger partial charge in [-0.05, 0) is 31.2 Å². The van der Waals surface area contributed by atoms with E-state index in [9.17, 15) is 22.8 Å². The third kappa shape index (κ3) is 7.34. The number of hydrogen-bond acceptors (Lipinski definition) is 3. The number of anilines is 1. The zero-order valence-corrected chi connectivity index (χ0v) is 13.4. The van der Waals surface area contributed by atoms with Gasteiger partial charge in [-0.3, -0.25) is 9.59 Å². The highest BCUT2D eigenvalue weighted by atomic mass is 35.5. The second-order valence-electron chi connectivity index (χ2n) is 5.01. The lowest BCUT2D eigenvalue weighted by Gasteiger charge is -2.15. The Labute approximate surface area is 138 Å². The van der Waals surface area contributed by atoms with Crippen LogP contribution in [0, 0.1) is 5.92 Å². The molecule has 2 amide bonds. The van der Waals surface area contributed by atoms with Crippen molar-refractivity contribution in [2.45, 2.75) is 26.1 Å². The average Bonchev–Trinajstić information content (AvgIpc) is 2.43. The lowest BCUT2D eigenvalue weighted by molar-refractivity contribution is -0.123. The van der Waals surface area contributed by atoms with Crippen molar-refractivity contribution < 1.29 is 22.8 Å². The summed E-state index contributed by atoms with van der Waals surface area (Å²) >= 11 is 0. The Hall–Kier alpha value is -1.80. The highest BCUT2D eigenvalue weighted by Gasteiger charge is 2.27. The van der Waals surface area contributed by atoms with E-state index in [1.165, 1.54) is 24.3 Å². The molecule has 5 nitrogen and oxygen atoms in total. The zero-order valence-electron chi connectivity index (χ0n) is 12.6. The maximum atomic E-state index is 12.0. The Balaban J connectivity index is 0.00000484. The summed E-state index contributed by atoms with van der Waals surface area (Å²) in [6.07, 6.45) is -4.46. The first-order valence-corrected chi connectivity index (χ1v) is 6.61. The van der Waals surface area contributed by atoms with Crippen LogP contribution in [0.3, 0.4) is 0 Å². The molecule has 0 aromatic heterocycles. The summed E-state index contributed by atoms with van der Waals surface area (Å²) in [5.74, 6) is -1.50. The van der Waals surface area contributed by atoms with Gasteiger partial charge in [0.05, 0.1) is 5.92 Å². The van der Waals surface area contributed by atoms with E-state index in [1.54, 1.807) is 19.2 Å². The van der Waals surface area contributed by atoms with Crippen molar-refractivity contribution in [1.82, 2.24) is 5.32 Å². The minimum absolute atomic E-state index is 0. The number of nitrogens with one attached hydrogen (secondary N) is 2. The number of hydrogen-bond donors (Lipinski definition) is 3. The fourth-order valence-corrected chi connectivity index (χ4v) is 1.48. The van der Waals surface area contributed by atoms with Gasteiger partial charge in [0.15, 0.2) is 0 Å². The number of carbonyl (C=O) groups is 2. The van der Waals surface area contributed by atoms with Crippen LogP contribution < -0.4 is 16.4 Å². The van der Waals surface area contributed by atoms with Gasteiger partial charge in [-0.25, -0.2) is 0 Å². The molecule has 1 aromatic carbocycles. The normalized spacial score (nSPS) is 13.5. The van der Waals surface area contributed by atoms with Crippen LogP contribution >= 0.6 is 12.4 Å². The van der Waals surface area contributed by atoms with Crippen LogP contribution in [-0.4, -0.2) is 30.6 Å². The molecule has 0 radical (unpaired) electrons. The number of carbonyl (C=O) groups excluding carboxylic acids is 2. The Morgan fingerprint density at radius 3 is 2.13 bits per heavy atom. The molecule has 0 fully saturated rings. The molecule has 1 rings (SSSR count). The van der Waals surface area contributed by atoms with E-state index in [-0.39, 0.29) is 29.9 Å². The van der Waals surface area contributed by atoms with Crippen molar-refractivity contribution in [2.75, 3.05) is 11.9 Å². The van der Waals surface area contributed by atoms with E-state index < -0.39 is 24.5 Å². The van der Waals surface area contributed by atoms with Crippen molar-refractivity contribution in [3.05, 3.63) is 29.8 Å². The molecule has 2 atom stereocenters. The summed E-state index contributed by atoms with van der Waals surface area (Å²) in [5.41, 5.74) is 6.12. The molecule has 0 heterocycles. The fraction of sp³-hybridized carbons (Fsp3) is 0.429. The van der Waals surface area contributed by atoms with Gasteiger partial charge in [0.1, 0.15) is 6.54 Å². The molecule has 23 heavy (non-hydrogen) atoms. The molecule has 0 saturated carbocycles. The smallest absolute Gasteiger partial charge is 0.343 e. The van der Waals surface area contributed by atoms with Crippen molar-refractivity contribution in [1.29, 1.82) is 0 Å². The van der Waals surface area contributed by atoms with Crippen LogP contribution in [-0.2, 0) is 4.79 Å². The summed E-state index contributed by atoms with van der Waals surface area (Å²) in [6.45, 7) is 1.99. The largest absolute Gasteiger partial charge is 0.405 e. The van der Waals surface area contributed by atoms with Crippen molar-refractivity contribution in [3.63, 3.8) is 0 Å². The van der Waals surface area contributed by atoms with Gasteiger partial charge in [0.2, 0.25) is 5.91 Å². The Kier molecular flexibility index (Phi) is 8.05. The van der Waals surface area contributed by atoms with Crippen LogP contribution in [0.15, 0.2) is 24.3 Å². The Morgan fingerprint density at radius 2 is 1.70 bits per heavy atom. The van der Waals surface area contributed by atoms with Gasteiger partial charge in [-0.1, -0.05) is 6.92 Å². The number of rotatable bonds is 5. The van der Waals surface area contributed by atoms with Crippen LogP contribution in [0.4, 0.5) is 18.9 Å². The molecule has 0 aliphatic carbocycles. The first-order valence-electron chi connectivity index (χ1n) is 6.61. The Morgan fingerprint density at radius 1 is 1.17 bits per heavy atom. The quantitative estimate of drug-likeness (QED) is 0.759. The van der Waals surface area contributed by atoms with E-state index in [1.807, 2.05) is 0 Å². The molecule has 0 aliphatic rings. The average molecular weight is 354 g/mol. The maximum Gasteiger partial charge on any atom is 0.405 e. The van der Waals surface area contributed by atoms with Crippen LogP contribution in [0.5, 0.6) is 0 Å². The van der Waals surface area contributed by atoms with E-state index >= 15 is 0 Å². The molecule has 9 heteroatoms. The topological polar surface area (TPSA) is 84.2 Å². The van der Waals surface area contributed by atoms with E-state index in [4.69, 9.17) is 5.73 Å². The van der Waals surface area contributed by atoms with Gasteiger partial charge in [-0.2, -0.15) is 13.2 Å². The van der Waals surface area contributed by atoms with Crippen LogP contribution in [0.2, 0.25) is 0 Å². The third-order valence-corrected chi connectivity index (χ3v) is 3.07. The molecule has 4 N–H and O–H groups in total. The maximum absolute atomic E-state index is 12.0. The number of alkyl halides is 3. The summed E-state index contributed by atoms with van der Waals surface area (Å²) in [7, 11) is 0. The lowest BCUT2D eigenvalue weighted by Crippen LogP contribution is -2.34. The number of benzene rings is 1. The molecule has 0 spiro atoms. The van der Waals surface area contributed by atoms with Crippen molar-refractivity contribution in [3.8, 4) is 0 Å². The minimum Gasteiger partial charge on any atom is -0.343 e. The number of amides is 2. The Bertz CT molecular complexity index is 533. The third-order valence-electron chi connectivity index (χ3n) is 3.07. The molecule has 0 saturated heterocycles. The first-order chi connectivity index (χ1) is 10.1. The van der Waals surface area contributed by atoms with Crippen LogP contribution in [0.1, 0.15) is 24.2 Å². The highest BCUT2D eigenvalue weighted by Crippen LogP contribution is 2.14. The second-order valence-corrected chi connectivity index (χ2v) is 5.01. The van der Waals surface area contributed by atoms with Gasteiger partial charge in [-0.15, -0.1) is 12.4 Å². The van der Waals surface area contributed by atoms with Gasteiger partial charge in [0, 0.05) is 17.3 Å². The van der Waals surface area contributed by atoms with Gasteiger partial charge < -0.3 is 16.4 Å². The zero-order chi connectivity index (χ0) is 16.9. The molecule has 0 aliphatic heterocycles. The minimum atomic E-state index is -4.46. The molecule has 2 unspecified atom stereocenters. The van der Waals surface area contributed by atoms with Crippen molar-refractivity contribution in [2.24, 2.45) is 11.7 Å². The standard InChI is InChI=1S/C14H18F3N3O2.ClH/c1-8(9(2)18)12(21)20-11-5-3-10(4-6-11)13(22)19-7-14(15,16)17;/h3-6,8-9H,7,18H2,1-2H3,(H,19,22)(H,20,21);1H. The second kappa shape index (κ2) is 8.73. The number of halogens is 4. The molecular weight excluding hydrogens is 335 g/mol. The molecule has 1 aromatic rings. The predicted molar refractivity (Wildman–Crippen MR) is 83.5 cm³/mol. The van der Waals surface area contributed by atoms with Crippen LogP contribution in [0.25, 0.3) is 0 Å². The lowest BCUT2D eigenvalue weighted by atomic mass is 10.0. The fourth-order valence-electron chi connectivity index (χ4n) is 1.48. The first kappa shape index (κ1) is 21.2. The van der Waals surface area contributed by atoms with E-state index in [0.717, 1.165) is 0 Å². The molecular formula is C14H19ClF3N3O2. The van der Waals surface area contributed by atoms with E-state index in [0.29, 0.717) is 5.69 Å². The van der Waals surface area contributed by atoms with Gasteiger partial charge in [0.25, 0.3) is 5.91 Å².